The van der Waals surface area contributed by atoms with E-state index in [1.807, 2.05) is 6.92 Å². The molecule has 1 aliphatic heterocycles. The maximum atomic E-state index is 13.0. The molecule has 1 N–H and O–H groups in total. The van der Waals surface area contributed by atoms with Gasteiger partial charge in [0.2, 0.25) is 0 Å². The maximum absolute atomic E-state index is 13.0. The van der Waals surface area contributed by atoms with Gasteiger partial charge >= 0.3 is 6.18 Å². The Bertz CT molecular complexity index is 447. The number of hydrogen-bond donors (Lipinski definition) is 1. The van der Waals surface area contributed by atoms with Crippen molar-refractivity contribution in [2.45, 2.75) is 31.7 Å². The van der Waals surface area contributed by atoms with Crippen LogP contribution in [0, 0.1) is 5.82 Å². The van der Waals surface area contributed by atoms with Gasteiger partial charge in [-0.15, -0.1) is 0 Å². The summed E-state index contributed by atoms with van der Waals surface area (Å²) in [4.78, 5) is 0. The van der Waals surface area contributed by atoms with E-state index >= 15 is 0 Å². The molecule has 2 nitrogen and oxygen atoms in total. The Kier molecular flexibility index (Phi) is 4.10. The number of ether oxygens (including phenoxy) is 1. The molecule has 1 saturated heterocycles. The van der Waals surface area contributed by atoms with Crippen LogP contribution in [0.5, 0.6) is 0 Å². The van der Waals surface area contributed by atoms with Crippen molar-refractivity contribution >= 4 is 0 Å². The van der Waals surface area contributed by atoms with E-state index in [0.29, 0.717) is 25.6 Å². The average Bonchev–Trinajstić information content (AvgIpc) is 2.37. The van der Waals surface area contributed by atoms with Gasteiger partial charge in [-0.25, -0.2) is 4.39 Å². The van der Waals surface area contributed by atoms with Crippen LogP contribution in [0.25, 0.3) is 0 Å². The van der Waals surface area contributed by atoms with E-state index in [0.717, 1.165) is 12.1 Å². The monoisotopic (exact) mass is 277 g/mol. The van der Waals surface area contributed by atoms with Crippen LogP contribution in [0.3, 0.4) is 0 Å². The predicted octanol–water partition coefficient (Wildman–Crippen LogP) is 3.28. The first-order valence-corrected chi connectivity index (χ1v) is 6.14. The first kappa shape index (κ1) is 14.3. The molecule has 0 saturated carbocycles. The van der Waals surface area contributed by atoms with E-state index in [1.165, 1.54) is 0 Å². The molecule has 1 aromatic carbocycles. The van der Waals surface area contributed by atoms with Crippen LogP contribution in [-0.2, 0) is 10.9 Å². The number of alkyl halides is 3. The summed E-state index contributed by atoms with van der Waals surface area (Å²) in [7, 11) is 0. The van der Waals surface area contributed by atoms with Crippen molar-refractivity contribution in [3.8, 4) is 0 Å². The zero-order valence-electron chi connectivity index (χ0n) is 10.4. The molecule has 0 bridgehead atoms. The molecule has 1 heterocycles. The zero-order chi connectivity index (χ0) is 14.0. The first-order valence-electron chi connectivity index (χ1n) is 6.14. The summed E-state index contributed by atoms with van der Waals surface area (Å²) in [5.74, 6) is -0.896. The largest absolute Gasteiger partial charge is 0.416 e. The van der Waals surface area contributed by atoms with E-state index in [4.69, 9.17) is 4.74 Å². The van der Waals surface area contributed by atoms with Gasteiger partial charge in [-0.05, 0) is 24.1 Å². The van der Waals surface area contributed by atoms with Crippen molar-refractivity contribution in [3.05, 3.63) is 35.1 Å². The molecule has 2 atom stereocenters. The Morgan fingerprint density at radius 1 is 1.32 bits per heavy atom. The lowest BCUT2D eigenvalue weighted by atomic mass is 10.00. The summed E-state index contributed by atoms with van der Waals surface area (Å²) < 4.78 is 57.4. The van der Waals surface area contributed by atoms with E-state index in [1.54, 1.807) is 0 Å². The Morgan fingerprint density at radius 2 is 2.05 bits per heavy atom. The van der Waals surface area contributed by atoms with Gasteiger partial charge in [-0.3, -0.25) is 0 Å². The number of rotatable bonds is 2. The highest BCUT2D eigenvalue weighted by Crippen LogP contribution is 2.37. The smallest absolute Gasteiger partial charge is 0.368 e. The summed E-state index contributed by atoms with van der Waals surface area (Å²) in [6, 6.07) is 2.71. The van der Waals surface area contributed by atoms with Gasteiger partial charge in [0.25, 0.3) is 0 Å². The molecule has 0 aromatic heterocycles. The minimum atomic E-state index is -4.58. The lowest BCUT2D eigenvalue weighted by molar-refractivity contribution is -0.140. The highest BCUT2D eigenvalue weighted by molar-refractivity contribution is 5.33. The van der Waals surface area contributed by atoms with Crippen molar-refractivity contribution in [3.63, 3.8) is 0 Å². The second-order valence-electron chi connectivity index (χ2n) is 4.54. The number of benzene rings is 1. The third kappa shape index (κ3) is 3.25. The van der Waals surface area contributed by atoms with Gasteiger partial charge in [0.1, 0.15) is 5.82 Å². The quantitative estimate of drug-likeness (QED) is 0.838. The molecule has 19 heavy (non-hydrogen) atoms. The molecular formula is C13H15F4NO. The van der Waals surface area contributed by atoms with E-state index in [2.05, 4.69) is 5.32 Å². The van der Waals surface area contributed by atoms with Crippen LogP contribution < -0.4 is 5.32 Å². The van der Waals surface area contributed by atoms with Crippen LogP contribution in [0.2, 0.25) is 0 Å². The Morgan fingerprint density at radius 3 is 2.68 bits per heavy atom. The van der Waals surface area contributed by atoms with E-state index < -0.39 is 23.7 Å². The third-order valence-electron chi connectivity index (χ3n) is 3.18. The van der Waals surface area contributed by atoms with Crippen LogP contribution in [0.15, 0.2) is 18.2 Å². The summed E-state index contributed by atoms with van der Waals surface area (Å²) >= 11 is 0. The van der Waals surface area contributed by atoms with Crippen LogP contribution in [0.4, 0.5) is 17.6 Å². The first-order chi connectivity index (χ1) is 8.91. The summed E-state index contributed by atoms with van der Waals surface area (Å²) in [6.45, 7) is 2.82. The van der Waals surface area contributed by atoms with Gasteiger partial charge < -0.3 is 10.1 Å². The Hall–Kier alpha value is -1.14. The molecule has 0 spiro atoms. The van der Waals surface area contributed by atoms with Crippen molar-refractivity contribution in [1.82, 2.24) is 5.32 Å². The van der Waals surface area contributed by atoms with Crippen LogP contribution >= 0.6 is 0 Å². The van der Waals surface area contributed by atoms with Gasteiger partial charge in [-0.1, -0.05) is 13.0 Å². The molecule has 1 aromatic rings. The molecule has 0 radical (unpaired) electrons. The summed E-state index contributed by atoms with van der Waals surface area (Å²) in [5.41, 5.74) is -0.976. The minimum absolute atomic E-state index is 0.0143. The molecule has 0 amide bonds. The summed E-state index contributed by atoms with van der Waals surface area (Å²) in [6.07, 6.45) is -4.69. The van der Waals surface area contributed by atoms with E-state index in [-0.39, 0.29) is 11.7 Å². The molecule has 0 aliphatic carbocycles. The second-order valence-corrected chi connectivity index (χ2v) is 4.54. The molecule has 1 aliphatic rings. The predicted molar refractivity (Wildman–Crippen MR) is 62.2 cm³/mol. The fraction of sp³-hybridized carbons (Fsp3) is 0.538. The fourth-order valence-electron chi connectivity index (χ4n) is 2.18. The normalized spacial score (nSPS) is 24.5. The molecule has 2 unspecified atom stereocenters. The maximum Gasteiger partial charge on any atom is 0.416 e. The SMILES string of the molecule is CCC1CNCC(c2ccc(F)cc2C(F)(F)F)O1. The van der Waals surface area contributed by atoms with Crippen LogP contribution in [-0.4, -0.2) is 19.2 Å². The van der Waals surface area contributed by atoms with Gasteiger partial charge in [-0.2, -0.15) is 13.2 Å². The topological polar surface area (TPSA) is 21.3 Å². The molecule has 1 fully saturated rings. The van der Waals surface area contributed by atoms with Gasteiger partial charge in [0, 0.05) is 13.1 Å². The average molecular weight is 277 g/mol. The molecular weight excluding hydrogens is 262 g/mol. The van der Waals surface area contributed by atoms with Gasteiger partial charge in [0.05, 0.1) is 17.8 Å². The number of hydrogen-bond acceptors (Lipinski definition) is 2. The van der Waals surface area contributed by atoms with Crippen molar-refractivity contribution < 1.29 is 22.3 Å². The van der Waals surface area contributed by atoms with Gasteiger partial charge in [0.15, 0.2) is 0 Å². The standard InChI is InChI=1S/C13H15F4NO/c1-2-9-6-18-7-12(19-9)10-4-3-8(14)5-11(10)13(15,16)17/h3-5,9,12,18H,2,6-7H2,1H3. The van der Waals surface area contributed by atoms with Crippen LogP contribution in [0.1, 0.15) is 30.6 Å². The lowest BCUT2D eigenvalue weighted by Gasteiger charge is -2.32. The number of halogens is 4. The summed E-state index contributed by atoms with van der Waals surface area (Å²) in [5, 5.41) is 3.04. The van der Waals surface area contributed by atoms with Crippen molar-refractivity contribution in [1.29, 1.82) is 0 Å². The fourth-order valence-corrected chi connectivity index (χ4v) is 2.18. The second kappa shape index (κ2) is 5.46. The highest BCUT2D eigenvalue weighted by Gasteiger charge is 2.37. The molecule has 6 heteroatoms. The highest BCUT2D eigenvalue weighted by atomic mass is 19.4. The number of nitrogens with one attached hydrogen (secondary N) is 1. The zero-order valence-corrected chi connectivity index (χ0v) is 10.4. The molecule has 106 valence electrons. The van der Waals surface area contributed by atoms with Crippen molar-refractivity contribution in [2.75, 3.05) is 13.1 Å². The number of morpholine rings is 1. The van der Waals surface area contributed by atoms with Crippen molar-refractivity contribution in [2.24, 2.45) is 0 Å². The van der Waals surface area contributed by atoms with E-state index in [9.17, 15) is 17.6 Å². The molecule has 2 rings (SSSR count). The lowest BCUT2D eigenvalue weighted by Crippen LogP contribution is -2.40. The Balaban J connectivity index is 2.33. The third-order valence-corrected chi connectivity index (χ3v) is 3.18. The Labute approximate surface area is 108 Å². The minimum Gasteiger partial charge on any atom is -0.368 e.